The summed E-state index contributed by atoms with van der Waals surface area (Å²) in [5, 5.41) is 0.789. The minimum absolute atomic E-state index is 0.179. The molecule has 0 bridgehead atoms. The molecular weight excluding hydrogens is 295 g/mol. The Labute approximate surface area is 115 Å². The molecule has 0 amide bonds. The topological polar surface area (TPSA) is 16.1 Å². The number of rotatable bonds is 4. The van der Waals surface area contributed by atoms with Crippen LogP contribution >= 0.6 is 15.9 Å². The lowest BCUT2D eigenvalue weighted by Crippen LogP contribution is -2.18. The summed E-state index contributed by atoms with van der Waals surface area (Å²) in [6, 6.07) is 10.8. The molecule has 0 spiro atoms. The molecule has 18 heavy (non-hydrogen) atoms. The van der Waals surface area contributed by atoms with Gasteiger partial charge in [-0.05, 0) is 17.7 Å². The maximum Gasteiger partial charge on any atom is 0.128 e. The Balaban J connectivity index is 2.11. The molecule has 1 aromatic carbocycles. The third-order valence-electron chi connectivity index (χ3n) is 2.72. The summed E-state index contributed by atoms with van der Waals surface area (Å²) in [6.07, 6.45) is 1.82. The summed E-state index contributed by atoms with van der Waals surface area (Å²) < 4.78 is 13.5. The van der Waals surface area contributed by atoms with Crippen molar-refractivity contribution in [2.24, 2.45) is 0 Å². The third kappa shape index (κ3) is 3.07. The molecule has 0 N–H and O–H groups in total. The van der Waals surface area contributed by atoms with Crippen LogP contribution in [0, 0.1) is 5.82 Å². The van der Waals surface area contributed by atoms with Crippen molar-refractivity contribution in [3.63, 3.8) is 0 Å². The standard InChI is InChI=1S/C14H14BrFN2/c1-18(10-12-4-2-3-5-13(12)16)14-7-6-11(8-15)9-17-14/h2-7,9H,8,10H2,1H3. The highest BCUT2D eigenvalue weighted by Gasteiger charge is 2.06. The predicted octanol–water partition coefficient (Wildman–Crippen LogP) is 3.75. The number of nitrogens with zero attached hydrogens (tertiary/aromatic N) is 2. The van der Waals surface area contributed by atoms with Gasteiger partial charge in [0.1, 0.15) is 11.6 Å². The molecule has 2 rings (SSSR count). The summed E-state index contributed by atoms with van der Waals surface area (Å²) in [7, 11) is 1.91. The number of pyridine rings is 1. The van der Waals surface area contributed by atoms with Gasteiger partial charge in [-0.25, -0.2) is 9.37 Å². The van der Waals surface area contributed by atoms with Crippen molar-refractivity contribution in [3.05, 3.63) is 59.5 Å². The third-order valence-corrected chi connectivity index (χ3v) is 3.37. The molecule has 0 unspecified atom stereocenters. The fraction of sp³-hybridized carbons (Fsp3) is 0.214. The van der Waals surface area contributed by atoms with Crippen LogP contribution < -0.4 is 4.90 Å². The number of halogens is 2. The van der Waals surface area contributed by atoms with Crippen molar-refractivity contribution in [2.75, 3.05) is 11.9 Å². The Morgan fingerprint density at radius 2 is 2.00 bits per heavy atom. The van der Waals surface area contributed by atoms with Crippen molar-refractivity contribution >= 4 is 21.7 Å². The van der Waals surface area contributed by atoms with Gasteiger partial charge in [0.2, 0.25) is 0 Å². The molecular formula is C14H14BrFN2. The molecule has 0 saturated carbocycles. The molecule has 0 saturated heterocycles. The molecule has 2 nitrogen and oxygen atoms in total. The normalized spacial score (nSPS) is 10.4. The Bertz CT molecular complexity index is 513. The SMILES string of the molecule is CN(Cc1ccccc1F)c1ccc(CBr)cn1. The number of alkyl halides is 1. The first-order chi connectivity index (χ1) is 8.70. The van der Waals surface area contributed by atoms with Gasteiger partial charge < -0.3 is 4.90 Å². The molecule has 0 fully saturated rings. The van der Waals surface area contributed by atoms with E-state index in [4.69, 9.17) is 0 Å². The monoisotopic (exact) mass is 308 g/mol. The van der Waals surface area contributed by atoms with Gasteiger partial charge in [-0.15, -0.1) is 0 Å². The van der Waals surface area contributed by atoms with E-state index in [-0.39, 0.29) is 5.82 Å². The molecule has 4 heteroatoms. The zero-order chi connectivity index (χ0) is 13.0. The molecule has 2 aromatic rings. The summed E-state index contributed by atoms with van der Waals surface area (Å²) in [5.74, 6) is 0.657. The van der Waals surface area contributed by atoms with Crippen molar-refractivity contribution in [3.8, 4) is 0 Å². The van der Waals surface area contributed by atoms with E-state index in [1.165, 1.54) is 6.07 Å². The molecule has 0 atom stereocenters. The smallest absolute Gasteiger partial charge is 0.128 e. The quantitative estimate of drug-likeness (QED) is 0.800. The van der Waals surface area contributed by atoms with Gasteiger partial charge in [-0.1, -0.05) is 40.2 Å². The average molecular weight is 309 g/mol. The first-order valence-corrected chi connectivity index (χ1v) is 6.78. The largest absolute Gasteiger partial charge is 0.355 e. The van der Waals surface area contributed by atoms with Crippen LogP contribution in [0.2, 0.25) is 0 Å². The van der Waals surface area contributed by atoms with E-state index >= 15 is 0 Å². The van der Waals surface area contributed by atoms with Crippen LogP contribution in [0.25, 0.3) is 0 Å². The maximum atomic E-state index is 13.5. The lowest BCUT2D eigenvalue weighted by Gasteiger charge is -2.18. The van der Waals surface area contributed by atoms with Gasteiger partial charge in [0.25, 0.3) is 0 Å². The van der Waals surface area contributed by atoms with E-state index in [9.17, 15) is 4.39 Å². The number of aromatic nitrogens is 1. The van der Waals surface area contributed by atoms with Crippen LogP contribution in [0.3, 0.4) is 0 Å². The van der Waals surface area contributed by atoms with Crippen LogP contribution in [0.4, 0.5) is 10.2 Å². The van der Waals surface area contributed by atoms with E-state index < -0.39 is 0 Å². The van der Waals surface area contributed by atoms with Crippen molar-refractivity contribution < 1.29 is 4.39 Å². The van der Waals surface area contributed by atoms with Crippen molar-refractivity contribution in [1.29, 1.82) is 0 Å². The second kappa shape index (κ2) is 5.96. The highest BCUT2D eigenvalue weighted by molar-refractivity contribution is 9.08. The van der Waals surface area contributed by atoms with Crippen LogP contribution in [0.1, 0.15) is 11.1 Å². The van der Waals surface area contributed by atoms with Gasteiger partial charge in [-0.2, -0.15) is 0 Å². The van der Waals surface area contributed by atoms with Crippen LogP contribution in [0.5, 0.6) is 0 Å². The molecule has 94 valence electrons. The van der Waals surface area contributed by atoms with Gasteiger partial charge in [0, 0.05) is 30.7 Å². The number of benzene rings is 1. The molecule has 0 aliphatic heterocycles. The second-order valence-corrected chi connectivity index (χ2v) is 4.67. The molecule has 0 aliphatic rings. The van der Waals surface area contributed by atoms with E-state index in [1.807, 2.05) is 36.3 Å². The summed E-state index contributed by atoms with van der Waals surface area (Å²) in [6.45, 7) is 0.507. The Morgan fingerprint density at radius 1 is 1.22 bits per heavy atom. The highest BCUT2D eigenvalue weighted by Crippen LogP contribution is 2.15. The molecule has 0 radical (unpaired) electrons. The highest BCUT2D eigenvalue weighted by atomic mass is 79.9. The first kappa shape index (κ1) is 13.0. The summed E-state index contributed by atoms with van der Waals surface area (Å²) in [4.78, 5) is 6.28. The molecule has 1 heterocycles. The fourth-order valence-electron chi connectivity index (χ4n) is 1.68. The van der Waals surface area contributed by atoms with Gasteiger partial charge in [0.05, 0.1) is 0 Å². The van der Waals surface area contributed by atoms with E-state index in [2.05, 4.69) is 20.9 Å². The number of hydrogen-bond acceptors (Lipinski definition) is 2. The van der Waals surface area contributed by atoms with Gasteiger partial charge in [0.15, 0.2) is 0 Å². The van der Waals surface area contributed by atoms with Gasteiger partial charge >= 0.3 is 0 Å². The Morgan fingerprint density at radius 3 is 2.61 bits per heavy atom. The van der Waals surface area contributed by atoms with Gasteiger partial charge in [-0.3, -0.25) is 0 Å². The number of anilines is 1. The van der Waals surface area contributed by atoms with E-state index in [0.717, 1.165) is 16.7 Å². The minimum Gasteiger partial charge on any atom is -0.355 e. The summed E-state index contributed by atoms with van der Waals surface area (Å²) in [5.41, 5.74) is 1.80. The molecule has 0 aliphatic carbocycles. The summed E-state index contributed by atoms with van der Waals surface area (Å²) >= 11 is 3.38. The lowest BCUT2D eigenvalue weighted by atomic mass is 10.2. The predicted molar refractivity (Wildman–Crippen MR) is 75.4 cm³/mol. The van der Waals surface area contributed by atoms with Crippen molar-refractivity contribution in [2.45, 2.75) is 11.9 Å². The van der Waals surface area contributed by atoms with Crippen LogP contribution in [-0.4, -0.2) is 12.0 Å². The maximum absolute atomic E-state index is 13.5. The zero-order valence-electron chi connectivity index (χ0n) is 10.1. The molecule has 1 aromatic heterocycles. The first-order valence-electron chi connectivity index (χ1n) is 5.66. The second-order valence-electron chi connectivity index (χ2n) is 4.11. The van der Waals surface area contributed by atoms with E-state index in [1.54, 1.807) is 12.1 Å². The average Bonchev–Trinajstić information content (AvgIpc) is 2.41. The van der Waals surface area contributed by atoms with Crippen LogP contribution in [-0.2, 0) is 11.9 Å². The van der Waals surface area contributed by atoms with Crippen molar-refractivity contribution in [1.82, 2.24) is 4.98 Å². The number of hydrogen-bond donors (Lipinski definition) is 0. The zero-order valence-corrected chi connectivity index (χ0v) is 11.7. The van der Waals surface area contributed by atoms with Crippen LogP contribution in [0.15, 0.2) is 42.6 Å². The Kier molecular flexibility index (Phi) is 4.31. The Hall–Kier alpha value is -1.42. The van der Waals surface area contributed by atoms with E-state index in [0.29, 0.717) is 12.1 Å². The minimum atomic E-state index is -0.179. The fourth-order valence-corrected chi connectivity index (χ4v) is 2.02. The lowest BCUT2D eigenvalue weighted by molar-refractivity contribution is 0.607.